The Kier molecular flexibility index (Phi) is 4.29. The second-order valence-electron chi connectivity index (χ2n) is 5.80. The van der Waals surface area contributed by atoms with Crippen molar-refractivity contribution < 1.29 is 9.53 Å². The molecule has 3 rings (SSSR count). The molecule has 1 aromatic rings. The van der Waals surface area contributed by atoms with Crippen LogP contribution in [-0.4, -0.2) is 50.1 Å². The van der Waals surface area contributed by atoms with Crippen LogP contribution in [0.25, 0.3) is 0 Å². The number of likely N-dealkylation sites (tertiary alicyclic amines) is 1. The SMILES string of the molecule is CN1CCCCC1CNC(=O)c1cccc2c1OCCN2. The smallest absolute Gasteiger partial charge is 0.255 e. The minimum Gasteiger partial charge on any atom is -0.489 e. The molecule has 2 aliphatic heterocycles. The number of benzene rings is 1. The quantitative estimate of drug-likeness (QED) is 0.889. The number of likely N-dealkylation sites (N-methyl/N-ethyl adjacent to an activating group) is 1. The van der Waals surface area contributed by atoms with Crippen LogP contribution in [-0.2, 0) is 0 Å². The number of ether oxygens (including phenoxy) is 1. The van der Waals surface area contributed by atoms with Crippen LogP contribution in [0.2, 0.25) is 0 Å². The lowest BCUT2D eigenvalue weighted by Gasteiger charge is -2.32. The molecule has 2 aliphatic rings. The summed E-state index contributed by atoms with van der Waals surface area (Å²) in [7, 11) is 2.13. The maximum absolute atomic E-state index is 12.4. The van der Waals surface area contributed by atoms with Crippen molar-refractivity contribution in [2.45, 2.75) is 25.3 Å². The van der Waals surface area contributed by atoms with Crippen molar-refractivity contribution in [2.24, 2.45) is 0 Å². The molecule has 5 heteroatoms. The number of rotatable bonds is 3. The van der Waals surface area contributed by atoms with Gasteiger partial charge in [0.2, 0.25) is 0 Å². The number of piperidine rings is 1. The largest absolute Gasteiger partial charge is 0.489 e. The van der Waals surface area contributed by atoms with Crippen LogP contribution in [0.4, 0.5) is 5.69 Å². The Morgan fingerprint density at radius 1 is 1.48 bits per heavy atom. The van der Waals surface area contributed by atoms with E-state index in [4.69, 9.17) is 4.74 Å². The van der Waals surface area contributed by atoms with Crippen molar-refractivity contribution in [1.29, 1.82) is 0 Å². The molecule has 0 spiro atoms. The van der Waals surface area contributed by atoms with E-state index in [1.807, 2.05) is 18.2 Å². The van der Waals surface area contributed by atoms with E-state index in [9.17, 15) is 4.79 Å². The van der Waals surface area contributed by atoms with Crippen LogP contribution in [0.5, 0.6) is 5.75 Å². The Bertz CT molecular complexity index is 518. The molecule has 114 valence electrons. The van der Waals surface area contributed by atoms with Crippen molar-refractivity contribution in [3.63, 3.8) is 0 Å². The normalized spacial score (nSPS) is 21.9. The predicted molar refractivity (Wildman–Crippen MR) is 83.0 cm³/mol. The van der Waals surface area contributed by atoms with Gasteiger partial charge in [0.15, 0.2) is 5.75 Å². The molecule has 1 amide bonds. The highest BCUT2D eigenvalue weighted by Crippen LogP contribution is 2.31. The van der Waals surface area contributed by atoms with Crippen LogP contribution in [0, 0.1) is 0 Å². The van der Waals surface area contributed by atoms with E-state index >= 15 is 0 Å². The average molecular weight is 289 g/mol. The zero-order chi connectivity index (χ0) is 14.7. The van der Waals surface area contributed by atoms with E-state index in [0.29, 0.717) is 30.5 Å². The van der Waals surface area contributed by atoms with Gasteiger partial charge in [0.05, 0.1) is 11.3 Å². The maximum Gasteiger partial charge on any atom is 0.255 e. The molecule has 1 atom stereocenters. The Morgan fingerprint density at radius 2 is 2.38 bits per heavy atom. The van der Waals surface area contributed by atoms with Crippen molar-refractivity contribution in [2.75, 3.05) is 38.6 Å². The Hall–Kier alpha value is -1.75. The van der Waals surface area contributed by atoms with Crippen LogP contribution in [0.3, 0.4) is 0 Å². The first-order chi connectivity index (χ1) is 10.3. The van der Waals surface area contributed by atoms with Gasteiger partial charge in [0.25, 0.3) is 5.91 Å². The van der Waals surface area contributed by atoms with Gasteiger partial charge in [-0.15, -0.1) is 0 Å². The molecule has 1 saturated heterocycles. The minimum atomic E-state index is -0.0467. The molecular weight excluding hydrogens is 266 g/mol. The second-order valence-corrected chi connectivity index (χ2v) is 5.80. The van der Waals surface area contributed by atoms with Crippen molar-refractivity contribution in [3.8, 4) is 5.75 Å². The van der Waals surface area contributed by atoms with E-state index in [0.717, 1.165) is 25.2 Å². The molecule has 0 aliphatic carbocycles. The van der Waals surface area contributed by atoms with Crippen molar-refractivity contribution in [1.82, 2.24) is 10.2 Å². The summed E-state index contributed by atoms with van der Waals surface area (Å²) >= 11 is 0. The molecule has 0 radical (unpaired) electrons. The van der Waals surface area contributed by atoms with E-state index in [2.05, 4.69) is 22.6 Å². The van der Waals surface area contributed by atoms with Crippen LogP contribution in [0.15, 0.2) is 18.2 Å². The van der Waals surface area contributed by atoms with Crippen molar-refractivity contribution >= 4 is 11.6 Å². The summed E-state index contributed by atoms with van der Waals surface area (Å²) in [5, 5.41) is 6.32. The van der Waals surface area contributed by atoms with Gasteiger partial charge in [0, 0.05) is 19.1 Å². The van der Waals surface area contributed by atoms with Gasteiger partial charge in [-0.25, -0.2) is 0 Å². The molecule has 0 saturated carbocycles. The highest BCUT2D eigenvalue weighted by atomic mass is 16.5. The first kappa shape index (κ1) is 14.2. The van der Waals surface area contributed by atoms with Gasteiger partial charge < -0.3 is 20.3 Å². The summed E-state index contributed by atoms with van der Waals surface area (Å²) in [6.07, 6.45) is 3.66. The molecule has 0 bridgehead atoms. The molecule has 21 heavy (non-hydrogen) atoms. The van der Waals surface area contributed by atoms with E-state index < -0.39 is 0 Å². The number of nitrogens with zero attached hydrogens (tertiary/aromatic N) is 1. The first-order valence-corrected chi connectivity index (χ1v) is 7.74. The zero-order valence-electron chi connectivity index (χ0n) is 12.5. The number of hydrogen-bond donors (Lipinski definition) is 2. The van der Waals surface area contributed by atoms with Gasteiger partial charge in [0.1, 0.15) is 6.61 Å². The van der Waals surface area contributed by atoms with Crippen LogP contribution in [0.1, 0.15) is 29.6 Å². The third kappa shape index (κ3) is 3.13. The lowest BCUT2D eigenvalue weighted by atomic mass is 10.0. The Morgan fingerprint density at radius 3 is 3.24 bits per heavy atom. The number of hydrogen-bond acceptors (Lipinski definition) is 4. The average Bonchev–Trinajstić information content (AvgIpc) is 2.53. The monoisotopic (exact) mass is 289 g/mol. The minimum absolute atomic E-state index is 0.0467. The van der Waals surface area contributed by atoms with Crippen LogP contribution < -0.4 is 15.4 Å². The lowest BCUT2D eigenvalue weighted by molar-refractivity contribution is 0.0924. The molecule has 0 aromatic heterocycles. The summed E-state index contributed by atoms with van der Waals surface area (Å²) in [5.41, 5.74) is 1.53. The standard InChI is InChI=1S/C16H23N3O2/c1-19-9-3-2-5-12(19)11-18-16(20)13-6-4-7-14-15(13)21-10-8-17-14/h4,6-7,12,17H,2-3,5,8-11H2,1H3,(H,18,20). The molecule has 2 N–H and O–H groups in total. The van der Waals surface area contributed by atoms with Crippen LogP contribution >= 0.6 is 0 Å². The summed E-state index contributed by atoms with van der Waals surface area (Å²) in [4.78, 5) is 14.8. The van der Waals surface area contributed by atoms with Crippen molar-refractivity contribution in [3.05, 3.63) is 23.8 Å². The van der Waals surface area contributed by atoms with Gasteiger partial charge in [-0.3, -0.25) is 4.79 Å². The third-order valence-corrected chi connectivity index (χ3v) is 4.34. The van der Waals surface area contributed by atoms with E-state index in [1.54, 1.807) is 0 Å². The van der Waals surface area contributed by atoms with Gasteiger partial charge >= 0.3 is 0 Å². The fraction of sp³-hybridized carbons (Fsp3) is 0.562. The summed E-state index contributed by atoms with van der Waals surface area (Å²) in [6.45, 7) is 3.20. The molecule has 5 nitrogen and oxygen atoms in total. The summed E-state index contributed by atoms with van der Waals surface area (Å²) in [5.74, 6) is 0.632. The number of para-hydroxylation sites is 1. The molecule has 1 fully saturated rings. The summed E-state index contributed by atoms with van der Waals surface area (Å²) in [6, 6.07) is 6.11. The topological polar surface area (TPSA) is 53.6 Å². The molecule has 2 heterocycles. The highest BCUT2D eigenvalue weighted by molar-refractivity contribution is 5.99. The van der Waals surface area contributed by atoms with Gasteiger partial charge in [-0.05, 0) is 38.6 Å². The number of anilines is 1. The number of carbonyl (C=O) groups excluding carboxylic acids is 1. The molecule has 1 unspecified atom stereocenters. The van der Waals surface area contributed by atoms with Gasteiger partial charge in [-0.2, -0.15) is 0 Å². The number of fused-ring (bicyclic) bond motifs is 1. The Labute approximate surface area is 125 Å². The van der Waals surface area contributed by atoms with Gasteiger partial charge in [-0.1, -0.05) is 12.5 Å². The highest BCUT2D eigenvalue weighted by Gasteiger charge is 2.22. The number of amides is 1. The predicted octanol–water partition coefficient (Wildman–Crippen LogP) is 1.70. The first-order valence-electron chi connectivity index (χ1n) is 7.74. The lowest BCUT2D eigenvalue weighted by Crippen LogP contribution is -2.44. The summed E-state index contributed by atoms with van der Waals surface area (Å²) < 4.78 is 5.65. The molecular formula is C16H23N3O2. The van der Waals surface area contributed by atoms with E-state index in [-0.39, 0.29) is 5.91 Å². The number of carbonyl (C=O) groups is 1. The Balaban J connectivity index is 1.65. The van der Waals surface area contributed by atoms with E-state index in [1.165, 1.54) is 12.8 Å². The molecule has 1 aromatic carbocycles. The second kappa shape index (κ2) is 6.35. The number of nitrogens with one attached hydrogen (secondary N) is 2. The maximum atomic E-state index is 12.4. The fourth-order valence-corrected chi connectivity index (χ4v) is 3.06. The zero-order valence-corrected chi connectivity index (χ0v) is 12.5. The fourth-order valence-electron chi connectivity index (χ4n) is 3.06. The third-order valence-electron chi connectivity index (χ3n) is 4.34.